The fourth-order valence-corrected chi connectivity index (χ4v) is 8.28. The minimum absolute atomic E-state index is 0.646. The number of hydrogen-bond acceptors (Lipinski definition) is 5. The molecule has 55 heavy (non-hydrogen) atoms. The Morgan fingerprint density at radius 1 is 0.273 bits per heavy atom. The summed E-state index contributed by atoms with van der Waals surface area (Å²) < 4.78 is 2.55. The van der Waals surface area contributed by atoms with Gasteiger partial charge in [-0.3, -0.25) is 0 Å². The number of fused-ring (bicyclic) bond motifs is 3. The molecule has 0 aliphatic heterocycles. The molecule has 0 bridgehead atoms. The fraction of sp³-hybridized carbons (Fsp3) is 0. The zero-order valence-electron chi connectivity index (χ0n) is 29.7. The molecule has 0 fully saturated rings. The first-order valence-electron chi connectivity index (χ1n) is 18.3. The van der Waals surface area contributed by atoms with Gasteiger partial charge in [0, 0.05) is 53.6 Å². The molecule has 0 radical (unpaired) electrons. The summed E-state index contributed by atoms with van der Waals surface area (Å²) in [5.74, 6) is 1.31. The molecule has 10 rings (SSSR count). The maximum atomic E-state index is 5.30. The molecular formula is C50H32N4S. The maximum absolute atomic E-state index is 5.30. The number of nitrogens with zero attached hydrogens (tertiary/aromatic N) is 4. The average molecular weight is 721 g/mol. The van der Waals surface area contributed by atoms with Gasteiger partial charge in [-0.2, -0.15) is 0 Å². The summed E-state index contributed by atoms with van der Waals surface area (Å²) >= 11 is 1.83. The Balaban J connectivity index is 1.23. The predicted octanol–water partition coefficient (Wildman–Crippen LogP) is 13.3. The van der Waals surface area contributed by atoms with Crippen LogP contribution in [0.3, 0.4) is 0 Å². The summed E-state index contributed by atoms with van der Waals surface area (Å²) in [4.78, 5) is 20.8. The van der Waals surface area contributed by atoms with Gasteiger partial charge in [0.25, 0.3) is 0 Å². The normalized spacial score (nSPS) is 11.3. The molecule has 0 atom stereocenters. The Kier molecular flexibility index (Phi) is 8.32. The van der Waals surface area contributed by atoms with Crippen molar-refractivity contribution >= 4 is 31.5 Å². The first-order valence-corrected chi connectivity index (χ1v) is 19.1. The highest BCUT2D eigenvalue weighted by molar-refractivity contribution is 7.25. The lowest BCUT2D eigenvalue weighted by Crippen LogP contribution is -1.99. The fourth-order valence-electron chi connectivity index (χ4n) is 7.19. The number of hydrogen-bond donors (Lipinski definition) is 0. The van der Waals surface area contributed by atoms with E-state index in [1.165, 1.54) is 20.2 Å². The van der Waals surface area contributed by atoms with Crippen molar-refractivity contribution in [3.63, 3.8) is 0 Å². The molecule has 0 amide bonds. The van der Waals surface area contributed by atoms with Crippen LogP contribution in [0.1, 0.15) is 0 Å². The van der Waals surface area contributed by atoms with Crippen LogP contribution in [0.2, 0.25) is 0 Å². The lowest BCUT2D eigenvalue weighted by atomic mass is 9.93. The van der Waals surface area contributed by atoms with Crippen LogP contribution in [-0.2, 0) is 0 Å². The highest BCUT2D eigenvalue weighted by atomic mass is 32.1. The molecule has 0 aliphatic carbocycles. The van der Waals surface area contributed by atoms with Gasteiger partial charge in [0.15, 0.2) is 11.6 Å². The van der Waals surface area contributed by atoms with Gasteiger partial charge in [-0.25, -0.2) is 19.9 Å². The molecule has 0 N–H and O–H groups in total. The van der Waals surface area contributed by atoms with Gasteiger partial charge in [-0.05, 0) is 47.5 Å². The summed E-state index contributed by atoms with van der Waals surface area (Å²) in [6.07, 6.45) is 0. The number of thiophene rings is 1. The standard InChI is InChI=1S/C50H32N4S/c1-5-15-33(16-6-1)43-31-44(34-17-7-2-8-18-34)53-50(52-43)38-25-27-39(37-26-28-48-42(29-37)40-23-13-14-24-47(40)55-48)41(30-38)46-32-45(35-19-9-3-10-20-35)51-49(54-46)36-21-11-4-12-22-36/h1-32H. The topological polar surface area (TPSA) is 51.6 Å². The molecule has 5 heteroatoms. The maximum Gasteiger partial charge on any atom is 0.160 e. The van der Waals surface area contributed by atoms with Crippen molar-refractivity contribution in [3.05, 3.63) is 194 Å². The van der Waals surface area contributed by atoms with E-state index in [1.807, 2.05) is 84.1 Å². The van der Waals surface area contributed by atoms with Crippen molar-refractivity contribution in [1.82, 2.24) is 19.9 Å². The van der Waals surface area contributed by atoms with Crippen molar-refractivity contribution in [3.8, 4) is 78.9 Å². The van der Waals surface area contributed by atoms with Gasteiger partial charge in [-0.15, -0.1) is 11.3 Å². The first-order chi connectivity index (χ1) is 27.2. The molecule has 3 aromatic heterocycles. The third-order valence-electron chi connectivity index (χ3n) is 9.93. The van der Waals surface area contributed by atoms with Crippen LogP contribution in [0.15, 0.2) is 194 Å². The highest BCUT2D eigenvalue weighted by Crippen LogP contribution is 2.41. The molecule has 4 nitrogen and oxygen atoms in total. The van der Waals surface area contributed by atoms with Gasteiger partial charge in [0.1, 0.15) is 0 Å². The Morgan fingerprint density at radius 2 is 0.727 bits per heavy atom. The van der Waals surface area contributed by atoms with E-state index < -0.39 is 0 Å². The zero-order chi connectivity index (χ0) is 36.6. The smallest absolute Gasteiger partial charge is 0.160 e. The second-order valence-electron chi connectivity index (χ2n) is 13.5. The molecule has 0 saturated carbocycles. The van der Waals surface area contributed by atoms with E-state index in [4.69, 9.17) is 19.9 Å². The molecule has 258 valence electrons. The van der Waals surface area contributed by atoms with Crippen LogP contribution in [0.25, 0.3) is 99.1 Å². The van der Waals surface area contributed by atoms with Crippen molar-refractivity contribution in [1.29, 1.82) is 0 Å². The van der Waals surface area contributed by atoms with E-state index in [1.54, 1.807) is 0 Å². The lowest BCUT2D eigenvalue weighted by Gasteiger charge is -2.15. The highest BCUT2D eigenvalue weighted by Gasteiger charge is 2.18. The van der Waals surface area contributed by atoms with Gasteiger partial charge < -0.3 is 0 Å². The summed E-state index contributed by atoms with van der Waals surface area (Å²) in [6.45, 7) is 0. The zero-order valence-corrected chi connectivity index (χ0v) is 30.5. The summed E-state index contributed by atoms with van der Waals surface area (Å²) in [5.41, 5.74) is 11.5. The first kappa shape index (κ1) is 32.6. The molecule has 0 aliphatic rings. The van der Waals surface area contributed by atoms with Crippen LogP contribution in [0.5, 0.6) is 0 Å². The Hall–Kier alpha value is -7.08. The summed E-state index contributed by atoms with van der Waals surface area (Å²) in [7, 11) is 0. The van der Waals surface area contributed by atoms with Gasteiger partial charge in [0.2, 0.25) is 0 Å². The van der Waals surface area contributed by atoms with Gasteiger partial charge >= 0.3 is 0 Å². The summed E-state index contributed by atoms with van der Waals surface area (Å²) in [6, 6.07) is 67.3. The van der Waals surface area contributed by atoms with Crippen LogP contribution >= 0.6 is 11.3 Å². The third kappa shape index (κ3) is 6.37. The minimum Gasteiger partial charge on any atom is -0.228 e. The molecule has 0 spiro atoms. The number of rotatable bonds is 7. The second kappa shape index (κ2) is 14.0. The minimum atomic E-state index is 0.646. The van der Waals surface area contributed by atoms with E-state index in [0.29, 0.717) is 11.6 Å². The van der Waals surface area contributed by atoms with E-state index in [9.17, 15) is 0 Å². The van der Waals surface area contributed by atoms with Gasteiger partial charge in [-0.1, -0.05) is 158 Å². The Bertz CT molecular complexity index is 2850. The molecule has 3 heterocycles. The number of aromatic nitrogens is 4. The Morgan fingerprint density at radius 3 is 1.33 bits per heavy atom. The van der Waals surface area contributed by atoms with Crippen LogP contribution in [-0.4, -0.2) is 19.9 Å². The van der Waals surface area contributed by atoms with Gasteiger partial charge in [0.05, 0.1) is 22.8 Å². The quantitative estimate of drug-likeness (QED) is 0.164. The second-order valence-corrected chi connectivity index (χ2v) is 14.5. The van der Waals surface area contributed by atoms with E-state index in [0.717, 1.165) is 67.3 Å². The lowest BCUT2D eigenvalue weighted by molar-refractivity contribution is 1.17. The van der Waals surface area contributed by atoms with E-state index in [-0.39, 0.29) is 0 Å². The van der Waals surface area contributed by atoms with Crippen molar-refractivity contribution in [2.24, 2.45) is 0 Å². The van der Waals surface area contributed by atoms with E-state index >= 15 is 0 Å². The SMILES string of the molecule is c1ccc(-c2cc(-c3ccccc3)nc(-c3ccc(-c4ccc5sc6ccccc6c5c4)c(-c4cc(-c5ccccc5)nc(-c5ccccc5)n4)c3)n2)cc1. The molecule has 0 unspecified atom stereocenters. The molecule has 0 saturated heterocycles. The Labute approximate surface area is 323 Å². The van der Waals surface area contributed by atoms with Crippen LogP contribution in [0, 0.1) is 0 Å². The van der Waals surface area contributed by atoms with Crippen molar-refractivity contribution < 1.29 is 0 Å². The molecule has 7 aromatic carbocycles. The molecular weight excluding hydrogens is 689 g/mol. The van der Waals surface area contributed by atoms with Crippen LogP contribution < -0.4 is 0 Å². The average Bonchev–Trinajstić information content (AvgIpc) is 3.65. The number of benzene rings is 7. The predicted molar refractivity (Wildman–Crippen MR) is 229 cm³/mol. The third-order valence-corrected chi connectivity index (χ3v) is 11.1. The summed E-state index contributed by atoms with van der Waals surface area (Å²) in [5, 5.41) is 2.51. The van der Waals surface area contributed by atoms with E-state index in [2.05, 4.69) is 121 Å². The van der Waals surface area contributed by atoms with Crippen molar-refractivity contribution in [2.75, 3.05) is 0 Å². The van der Waals surface area contributed by atoms with Crippen molar-refractivity contribution in [2.45, 2.75) is 0 Å². The van der Waals surface area contributed by atoms with Crippen LogP contribution in [0.4, 0.5) is 0 Å². The molecule has 10 aromatic rings. The monoisotopic (exact) mass is 720 g/mol. The largest absolute Gasteiger partial charge is 0.228 e.